The Bertz CT molecular complexity index is 885. The summed E-state index contributed by atoms with van der Waals surface area (Å²) in [6.45, 7) is 1.07. The largest absolute Gasteiger partial charge is 0.465 e. The Labute approximate surface area is 166 Å². The number of rotatable bonds is 5. The van der Waals surface area contributed by atoms with E-state index in [0.717, 1.165) is 48.6 Å². The average Bonchev–Trinajstić information content (AvgIpc) is 3.06. The second-order valence-electron chi connectivity index (χ2n) is 7.24. The molecule has 1 saturated heterocycles. The third kappa shape index (κ3) is 4.87. The molecule has 1 atom stereocenters. The molecule has 1 amide bonds. The SMILES string of the molecule is CN1CCCC1CCN(C(=O)O)c1ccc(C(F)(F)F)cc1-c1cccc(F)c1. The lowest BCUT2D eigenvalue weighted by molar-refractivity contribution is -0.137. The summed E-state index contributed by atoms with van der Waals surface area (Å²) in [7, 11) is 1.97. The van der Waals surface area contributed by atoms with Gasteiger partial charge in [0.2, 0.25) is 0 Å². The lowest BCUT2D eigenvalue weighted by atomic mass is 9.99. The number of likely N-dealkylation sites (tertiary alicyclic amines) is 1. The summed E-state index contributed by atoms with van der Waals surface area (Å²) in [5.74, 6) is -0.611. The smallest absolute Gasteiger partial charge is 0.416 e. The molecule has 3 rings (SSSR count). The fourth-order valence-electron chi connectivity index (χ4n) is 3.78. The Hall–Kier alpha value is -2.61. The van der Waals surface area contributed by atoms with Crippen molar-refractivity contribution in [2.45, 2.75) is 31.5 Å². The van der Waals surface area contributed by atoms with Gasteiger partial charge in [-0.3, -0.25) is 4.90 Å². The third-order valence-electron chi connectivity index (χ3n) is 5.34. The Balaban J connectivity index is 2.01. The number of carboxylic acid groups (broad SMARTS) is 1. The molecule has 29 heavy (non-hydrogen) atoms. The highest BCUT2D eigenvalue weighted by Gasteiger charge is 2.32. The van der Waals surface area contributed by atoms with Crippen molar-refractivity contribution in [2.75, 3.05) is 25.0 Å². The van der Waals surface area contributed by atoms with Crippen molar-refractivity contribution in [3.8, 4) is 11.1 Å². The minimum absolute atomic E-state index is 0.0292. The number of amides is 1. The molecule has 1 aliphatic rings. The van der Waals surface area contributed by atoms with Gasteiger partial charge in [0.15, 0.2) is 0 Å². The Morgan fingerprint density at radius 3 is 2.59 bits per heavy atom. The number of nitrogens with zero attached hydrogens (tertiary/aromatic N) is 2. The summed E-state index contributed by atoms with van der Waals surface area (Å²) in [6.07, 6.45) is -3.31. The second kappa shape index (κ2) is 8.41. The van der Waals surface area contributed by atoms with Gasteiger partial charge in [0.25, 0.3) is 0 Å². The van der Waals surface area contributed by atoms with Crippen molar-refractivity contribution in [1.82, 2.24) is 4.90 Å². The van der Waals surface area contributed by atoms with Crippen LogP contribution in [0.25, 0.3) is 11.1 Å². The first-order valence-electron chi connectivity index (χ1n) is 9.34. The summed E-state index contributed by atoms with van der Waals surface area (Å²) in [5.41, 5.74) is -0.588. The van der Waals surface area contributed by atoms with E-state index in [1.165, 1.54) is 18.2 Å². The van der Waals surface area contributed by atoms with E-state index in [0.29, 0.717) is 6.42 Å². The van der Waals surface area contributed by atoms with Crippen LogP contribution in [0.5, 0.6) is 0 Å². The van der Waals surface area contributed by atoms with E-state index in [9.17, 15) is 27.5 Å². The van der Waals surface area contributed by atoms with Gasteiger partial charge in [-0.15, -0.1) is 0 Å². The molecule has 1 fully saturated rings. The second-order valence-corrected chi connectivity index (χ2v) is 7.24. The van der Waals surface area contributed by atoms with Gasteiger partial charge in [0, 0.05) is 18.2 Å². The maximum Gasteiger partial charge on any atom is 0.416 e. The summed E-state index contributed by atoms with van der Waals surface area (Å²) >= 11 is 0. The van der Waals surface area contributed by atoms with Gasteiger partial charge in [-0.25, -0.2) is 9.18 Å². The number of alkyl halides is 3. The lowest BCUT2D eigenvalue weighted by Gasteiger charge is -2.26. The van der Waals surface area contributed by atoms with Gasteiger partial charge < -0.3 is 10.0 Å². The zero-order valence-corrected chi connectivity index (χ0v) is 15.9. The zero-order chi connectivity index (χ0) is 21.2. The van der Waals surface area contributed by atoms with Gasteiger partial charge in [0.1, 0.15) is 5.82 Å². The van der Waals surface area contributed by atoms with Gasteiger partial charge in [0.05, 0.1) is 11.3 Å². The molecule has 1 heterocycles. The molecule has 0 bridgehead atoms. The van der Waals surface area contributed by atoms with Crippen molar-refractivity contribution in [3.05, 3.63) is 53.8 Å². The quantitative estimate of drug-likeness (QED) is 0.664. The molecule has 4 nitrogen and oxygen atoms in total. The molecule has 0 spiro atoms. The first-order chi connectivity index (χ1) is 13.7. The molecule has 0 saturated carbocycles. The number of benzene rings is 2. The average molecular weight is 410 g/mol. The lowest BCUT2D eigenvalue weighted by Crippen LogP contribution is -2.35. The highest BCUT2D eigenvalue weighted by atomic mass is 19.4. The maximum absolute atomic E-state index is 13.7. The van der Waals surface area contributed by atoms with Crippen molar-refractivity contribution < 1.29 is 27.5 Å². The van der Waals surface area contributed by atoms with Crippen LogP contribution in [0.15, 0.2) is 42.5 Å². The minimum Gasteiger partial charge on any atom is -0.465 e. The van der Waals surface area contributed by atoms with Crippen molar-refractivity contribution in [3.63, 3.8) is 0 Å². The van der Waals surface area contributed by atoms with Crippen LogP contribution in [0, 0.1) is 5.82 Å². The number of hydrogen-bond donors (Lipinski definition) is 1. The van der Waals surface area contributed by atoms with Gasteiger partial charge in [-0.05, 0) is 68.8 Å². The molecule has 0 aliphatic carbocycles. The molecule has 1 unspecified atom stereocenters. The van der Waals surface area contributed by atoms with E-state index in [1.807, 2.05) is 7.05 Å². The number of anilines is 1. The van der Waals surface area contributed by atoms with E-state index < -0.39 is 23.7 Å². The minimum atomic E-state index is -4.60. The highest BCUT2D eigenvalue weighted by molar-refractivity contribution is 5.93. The van der Waals surface area contributed by atoms with Crippen molar-refractivity contribution in [1.29, 1.82) is 0 Å². The Morgan fingerprint density at radius 2 is 2.00 bits per heavy atom. The predicted octanol–water partition coefficient (Wildman–Crippen LogP) is 5.48. The number of hydrogen-bond acceptors (Lipinski definition) is 2. The number of carbonyl (C=O) groups is 1. The van der Waals surface area contributed by atoms with E-state index in [4.69, 9.17) is 0 Å². The fourth-order valence-corrected chi connectivity index (χ4v) is 3.78. The molecule has 8 heteroatoms. The molecule has 0 aromatic heterocycles. The Morgan fingerprint density at radius 1 is 1.24 bits per heavy atom. The van der Waals surface area contributed by atoms with E-state index in [1.54, 1.807) is 0 Å². The molecule has 1 N–H and O–H groups in total. The Kier molecular flexibility index (Phi) is 6.12. The molecule has 2 aromatic carbocycles. The fraction of sp³-hybridized carbons (Fsp3) is 0.381. The molecular weight excluding hydrogens is 388 g/mol. The molecule has 0 radical (unpaired) electrons. The van der Waals surface area contributed by atoms with Crippen LogP contribution >= 0.6 is 0 Å². The summed E-state index contributed by atoms with van der Waals surface area (Å²) in [5, 5.41) is 9.74. The summed E-state index contributed by atoms with van der Waals surface area (Å²) in [4.78, 5) is 15.1. The van der Waals surface area contributed by atoms with E-state index in [-0.39, 0.29) is 29.4 Å². The predicted molar refractivity (Wildman–Crippen MR) is 102 cm³/mol. The third-order valence-corrected chi connectivity index (χ3v) is 5.34. The molecule has 156 valence electrons. The van der Waals surface area contributed by atoms with E-state index >= 15 is 0 Å². The van der Waals surface area contributed by atoms with E-state index in [2.05, 4.69) is 4.90 Å². The van der Waals surface area contributed by atoms with Crippen LogP contribution in [0.1, 0.15) is 24.8 Å². The van der Waals surface area contributed by atoms with Crippen LogP contribution in [0.4, 0.5) is 28.0 Å². The van der Waals surface area contributed by atoms with Crippen molar-refractivity contribution >= 4 is 11.8 Å². The zero-order valence-electron chi connectivity index (χ0n) is 15.9. The van der Waals surface area contributed by atoms with Crippen LogP contribution in [-0.2, 0) is 6.18 Å². The maximum atomic E-state index is 13.7. The molecule has 1 aliphatic heterocycles. The van der Waals surface area contributed by atoms with Crippen molar-refractivity contribution in [2.24, 2.45) is 0 Å². The first-order valence-corrected chi connectivity index (χ1v) is 9.34. The van der Waals surface area contributed by atoms with Crippen LogP contribution < -0.4 is 4.90 Å². The standard InChI is InChI=1S/C21H22F4N2O2/c1-26-10-3-6-17(26)9-11-27(20(28)29)19-8-7-15(21(23,24)25)13-18(19)14-4-2-5-16(22)12-14/h2,4-5,7-8,12-13,17H,3,6,9-11H2,1H3,(H,28,29). The van der Waals surface area contributed by atoms with Gasteiger partial charge in [-0.1, -0.05) is 12.1 Å². The topological polar surface area (TPSA) is 43.8 Å². The number of halogens is 4. The monoisotopic (exact) mass is 410 g/mol. The molecular formula is C21H22F4N2O2. The van der Waals surface area contributed by atoms with Crippen LogP contribution in [0.3, 0.4) is 0 Å². The summed E-state index contributed by atoms with van der Waals surface area (Å²) < 4.78 is 53.4. The van der Waals surface area contributed by atoms with Gasteiger partial charge in [-0.2, -0.15) is 13.2 Å². The normalized spacial score (nSPS) is 17.5. The highest BCUT2D eigenvalue weighted by Crippen LogP contribution is 2.38. The molecule has 2 aromatic rings. The summed E-state index contributed by atoms with van der Waals surface area (Å²) in [6, 6.07) is 8.24. The van der Waals surface area contributed by atoms with Gasteiger partial charge >= 0.3 is 12.3 Å². The van der Waals surface area contributed by atoms with Crippen LogP contribution in [-0.4, -0.2) is 42.3 Å². The first kappa shape index (κ1) is 21.1. The van der Waals surface area contributed by atoms with Crippen LogP contribution in [0.2, 0.25) is 0 Å².